The van der Waals surface area contributed by atoms with Crippen molar-refractivity contribution in [3.05, 3.63) is 29.3 Å². The zero-order valence-corrected chi connectivity index (χ0v) is 11.7. The Bertz CT molecular complexity index is 624. The van der Waals surface area contributed by atoms with Gasteiger partial charge in [-0.25, -0.2) is 5.43 Å². The van der Waals surface area contributed by atoms with Crippen LogP contribution in [0.25, 0.3) is 0 Å². The van der Waals surface area contributed by atoms with Gasteiger partial charge in [0.1, 0.15) is 5.71 Å². The smallest absolute Gasteiger partial charge is 0.267 e. The first-order valence-electron chi connectivity index (χ1n) is 7.18. The van der Waals surface area contributed by atoms with Crippen molar-refractivity contribution in [3.8, 4) is 0 Å². The number of hydrogen-bond acceptors (Lipinski definition) is 4. The van der Waals surface area contributed by atoms with E-state index in [4.69, 9.17) is 5.73 Å². The van der Waals surface area contributed by atoms with E-state index in [1.165, 1.54) is 5.56 Å². The Balaban J connectivity index is 1.74. The predicted molar refractivity (Wildman–Crippen MR) is 79.5 cm³/mol. The zero-order valence-electron chi connectivity index (χ0n) is 11.7. The summed E-state index contributed by atoms with van der Waals surface area (Å²) in [6, 6.07) is 5.81. The van der Waals surface area contributed by atoms with E-state index in [0.717, 1.165) is 30.5 Å². The number of anilines is 1. The Morgan fingerprint density at radius 2 is 2.19 bits per heavy atom. The fraction of sp³-hybridized carbons (Fsp3) is 0.400. The van der Waals surface area contributed by atoms with Crippen molar-refractivity contribution in [2.45, 2.75) is 38.1 Å². The molecular formula is C15H18N4O2. The summed E-state index contributed by atoms with van der Waals surface area (Å²) in [5.74, 6) is -0.352. The highest BCUT2D eigenvalue weighted by Gasteiger charge is 2.25. The highest BCUT2D eigenvalue weighted by molar-refractivity contribution is 6.39. The van der Waals surface area contributed by atoms with Gasteiger partial charge in [0.05, 0.1) is 6.04 Å². The molecule has 1 aliphatic heterocycles. The summed E-state index contributed by atoms with van der Waals surface area (Å²) in [6.45, 7) is 0. The number of amides is 2. The lowest BCUT2D eigenvalue weighted by atomic mass is 9.87. The highest BCUT2D eigenvalue weighted by atomic mass is 16.2. The van der Waals surface area contributed by atoms with Crippen LogP contribution in [0.15, 0.2) is 23.3 Å². The number of nitrogens with two attached hydrogens (primary N) is 1. The Morgan fingerprint density at radius 3 is 2.95 bits per heavy atom. The van der Waals surface area contributed by atoms with Crippen molar-refractivity contribution < 1.29 is 9.59 Å². The lowest BCUT2D eigenvalue weighted by molar-refractivity contribution is -0.121. The lowest BCUT2D eigenvalue weighted by Gasteiger charge is -2.27. The van der Waals surface area contributed by atoms with Gasteiger partial charge in [0, 0.05) is 18.5 Å². The molecule has 1 unspecified atom stereocenters. The molecule has 6 nitrogen and oxygen atoms in total. The first-order valence-corrected chi connectivity index (χ1v) is 7.18. The molecular weight excluding hydrogens is 268 g/mol. The molecule has 2 amide bonds. The Morgan fingerprint density at radius 1 is 1.33 bits per heavy atom. The van der Waals surface area contributed by atoms with E-state index >= 15 is 0 Å². The largest absolute Gasteiger partial charge is 0.399 e. The number of nitrogens with one attached hydrogen (secondary N) is 2. The number of rotatable bonds is 2. The Kier molecular flexibility index (Phi) is 3.60. The summed E-state index contributed by atoms with van der Waals surface area (Å²) in [4.78, 5) is 23.3. The van der Waals surface area contributed by atoms with Crippen LogP contribution in [0.5, 0.6) is 0 Å². The van der Waals surface area contributed by atoms with Gasteiger partial charge < -0.3 is 11.1 Å². The van der Waals surface area contributed by atoms with Gasteiger partial charge in [-0.15, -0.1) is 0 Å². The Labute approximate surface area is 122 Å². The second-order valence-corrected chi connectivity index (χ2v) is 5.47. The average molecular weight is 286 g/mol. The van der Waals surface area contributed by atoms with E-state index in [1.807, 2.05) is 18.2 Å². The maximum atomic E-state index is 12.2. The predicted octanol–water partition coefficient (Wildman–Crippen LogP) is 1.03. The average Bonchev–Trinajstić information content (AvgIpc) is 2.47. The van der Waals surface area contributed by atoms with Crippen LogP contribution in [0.3, 0.4) is 0 Å². The number of benzene rings is 1. The molecule has 4 N–H and O–H groups in total. The van der Waals surface area contributed by atoms with Gasteiger partial charge in [-0.2, -0.15) is 5.10 Å². The molecule has 0 aromatic heterocycles. The second kappa shape index (κ2) is 5.55. The van der Waals surface area contributed by atoms with Crippen molar-refractivity contribution in [1.29, 1.82) is 0 Å². The maximum absolute atomic E-state index is 12.2. The third-order valence-electron chi connectivity index (χ3n) is 3.95. The fourth-order valence-electron chi connectivity index (χ4n) is 2.86. The molecule has 3 rings (SSSR count). The van der Waals surface area contributed by atoms with E-state index in [1.54, 1.807) is 0 Å². The lowest BCUT2D eigenvalue weighted by Crippen LogP contribution is -2.39. The molecule has 0 fully saturated rings. The van der Waals surface area contributed by atoms with Crippen molar-refractivity contribution in [1.82, 2.24) is 10.7 Å². The molecule has 0 spiro atoms. The number of hydrazone groups is 1. The molecule has 6 heteroatoms. The second-order valence-electron chi connectivity index (χ2n) is 5.47. The molecule has 2 aliphatic rings. The van der Waals surface area contributed by atoms with Gasteiger partial charge in [0.2, 0.25) is 5.91 Å². The van der Waals surface area contributed by atoms with Crippen LogP contribution in [0.4, 0.5) is 5.69 Å². The van der Waals surface area contributed by atoms with Crippen molar-refractivity contribution in [3.63, 3.8) is 0 Å². The molecule has 1 aromatic carbocycles. The van der Waals surface area contributed by atoms with Crippen molar-refractivity contribution in [2.24, 2.45) is 5.10 Å². The van der Waals surface area contributed by atoms with Crippen LogP contribution in [0, 0.1) is 0 Å². The number of carbonyl (C=O) groups excluding carboxylic acids is 2. The molecule has 0 saturated carbocycles. The quantitative estimate of drug-likeness (QED) is 0.708. The van der Waals surface area contributed by atoms with Gasteiger partial charge in [-0.3, -0.25) is 9.59 Å². The third-order valence-corrected chi connectivity index (χ3v) is 3.95. The van der Waals surface area contributed by atoms with Gasteiger partial charge in [-0.1, -0.05) is 6.07 Å². The van der Waals surface area contributed by atoms with E-state index in [2.05, 4.69) is 15.8 Å². The van der Waals surface area contributed by atoms with Crippen molar-refractivity contribution >= 4 is 23.2 Å². The number of nitrogen functional groups attached to an aromatic ring is 1. The summed E-state index contributed by atoms with van der Waals surface area (Å²) < 4.78 is 0. The molecule has 0 bridgehead atoms. The first kappa shape index (κ1) is 13.6. The molecule has 110 valence electrons. The van der Waals surface area contributed by atoms with E-state index in [9.17, 15) is 9.59 Å². The van der Waals surface area contributed by atoms with Crippen LogP contribution >= 0.6 is 0 Å². The first-order chi connectivity index (χ1) is 10.1. The highest BCUT2D eigenvalue weighted by Crippen LogP contribution is 2.31. The molecule has 1 aliphatic carbocycles. The monoisotopic (exact) mass is 286 g/mol. The van der Waals surface area contributed by atoms with Crippen LogP contribution in [0.2, 0.25) is 0 Å². The minimum Gasteiger partial charge on any atom is -0.399 e. The standard InChI is InChI=1S/C15H18N4O2/c16-10-4-5-11-9(8-10)2-1-3-12(11)17-15(21)13-6-7-14(20)19-18-13/h4-5,8,12H,1-3,6-7,16H2,(H,17,21)(H,19,20). The van der Waals surface area contributed by atoms with Gasteiger partial charge >= 0.3 is 0 Å². The van der Waals surface area contributed by atoms with Gasteiger partial charge in [-0.05, 0) is 42.5 Å². The molecule has 0 saturated heterocycles. The van der Waals surface area contributed by atoms with Gasteiger partial charge in [0.25, 0.3) is 5.91 Å². The number of carbonyl (C=O) groups is 2. The minimum absolute atomic E-state index is 0.0119. The number of aryl methyl sites for hydroxylation is 1. The fourth-order valence-corrected chi connectivity index (χ4v) is 2.86. The normalized spacial score (nSPS) is 21.0. The number of fused-ring (bicyclic) bond motifs is 1. The van der Waals surface area contributed by atoms with Crippen LogP contribution in [0.1, 0.15) is 42.9 Å². The van der Waals surface area contributed by atoms with Crippen molar-refractivity contribution in [2.75, 3.05) is 5.73 Å². The molecule has 1 aromatic rings. The van der Waals surface area contributed by atoms with E-state index < -0.39 is 0 Å². The third kappa shape index (κ3) is 2.89. The summed E-state index contributed by atoms with van der Waals surface area (Å²) in [5, 5.41) is 6.85. The minimum atomic E-state index is -0.204. The molecule has 21 heavy (non-hydrogen) atoms. The number of nitrogens with zero attached hydrogens (tertiary/aromatic N) is 1. The van der Waals surface area contributed by atoms with Crippen LogP contribution in [-0.4, -0.2) is 17.5 Å². The van der Waals surface area contributed by atoms with Gasteiger partial charge in [0.15, 0.2) is 0 Å². The van der Waals surface area contributed by atoms with Crippen LogP contribution in [-0.2, 0) is 16.0 Å². The zero-order chi connectivity index (χ0) is 14.8. The van der Waals surface area contributed by atoms with E-state index in [-0.39, 0.29) is 17.9 Å². The van der Waals surface area contributed by atoms with Crippen LogP contribution < -0.4 is 16.5 Å². The summed E-state index contributed by atoms with van der Waals surface area (Å²) in [6.07, 6.45) is 3.61. The topological polar surface area (TPSA) is 96.6 Å². The SMILES string of the molecule is Nc1ccc2c(c1)CCCC2NC(=O)C1=NNC(=O)CC1. The molecule has 0 radical (unpaired) electrons. The Hall–Kier alpha value is -2.37. The number of hydrogen-bond donors (Lipinski definition) is 3. The molecule has 1 atom stereocenters. The van der Waals surface area contributed by atoms with E-state index in [0.29, 0.717) is 18.6 Å². The summed E-state index contributed by atoms with van der Waals surface area (Å²) in [7, 11) is 0. The molecule has 1 heterocycles. The summed E-state index contributed by atoms with van der Waals surface area (Å²) in [5.41, 5.74) is 11.6. The maximum Gasteiger partial charge on any atom is 0.267 e. The summed E-state index contributed by atoms with van der Waals surface area (Å²) >= 11 is 0.